The number of urea groups is 1. The maximum atomic E-state index is 14.2. The van der Waals surface area contributed by atoms with Gasteiger partial charge in [0.25, 0.3) is 5.91 Å². The molecular formula is C50H67N9O16. The van der Waals surface area contributed by atoms with Crippen LogP contribution in [0, 0.1) is 0 Å². The van der Waals surface area contributed by atoms with Crippen LogP contribution < -0.4 is 16.0 Å². The van der Waals surface area contributed by atoms with Gasteiger partial charge in [0.05, 0.1) is 19.6 Å². The van der Waals surface area contributed by atoms with Crippen LogP contribution in [0.1, 0.15) is 73.4 Å². The lowest BCUT2D eigenvalue weighted by atomic mass is 10.1. The summed E-state index contributed by atoms with van der Waals surface area (Å²) >= 11 is 0. The summed E-state index contributed by atoms with van der Waals surface area (Å²) in [5.41, 5.74) is 1.67. The molecule has 408 valence electrons. The Balaban J connectivity index is 1.40. The monoisotopic (exact) mass is 1050 g/mol. The summed E-state index contributed by atoms with van der Waals surface area (Å²) in [6.45, 7) is 1.41. The van der Waals surface area contributed by atoms with E-state index in [1.54, 1.807) is 61.2 Å². The van der Waals surface area contributed by atoms with E-state index >= 15 is 0 Å². The lowest BCUT2D eigenvalue weighted by molar-refractivity contribution is -0.145. The Labute approximate surface area is 432 Å². The van der Waals surface area contributed by atoms with Gasteiger partial charge in [-0.1, -0.05) is 36.4 Å². The van der Waals surface area contributed by atoms with Crippen molar-refractivity contribution < 1.29 is 78.6 Å². The lowest BCUT2D eigenvalue weighted by Gasteiger charge is -2.35. The third-order valence-electron chi connectivity index (χ3n) is 12.6. The van der Waals surface area contributed by atoms with Crippen molar-refractivity contribution in [3.05, 3.63) is 77.6 Å². The molecule has 1 unspecified atom stereocenters. The SMILES string of the molecule is CC(=O)CC[C@@H](NC(=O)N[C@H](CCCCN(Cc1cncc2ccccc12)C(=O)c1ccc(CNC(=O)CCC(C(=O)O)N2CCN(CC(=O)O)CCN(CC(=O)O)CCN(CC(=O)O)CC2)cc1)C(=O)O)C(=O)O. The van der Waals surface area contributed by atoms with E-state index in [1.807, 2.05) is 24.3 Å². The second-order valence-corrected chi connectivity index (χ2v) is 18.3. The fourth-order valence-corrected chi connectivity index (χ4v) is 8.51. The van der Waals surface area contributed by atoms with E-state index in [2.05, 4.69) is 20.9 Å². The number of carbonyl (C=O) groups excluding carboxylic acids is 4. The van der Waals surface area contributed by atoms with Crippen LogP contribution in [0.5, 0.6) is 0 Å². The highest BCUT2D eigenvalue weighted by Gasteiger charge is 2.30. The van der Waals surface area contributed by atoms with E-state index < -0.39 is 65.9 Å². The Morgan fingerprint density at radius 3 is 1.67 bits per heavy atom. The number of aromatic nitrogens is 1. The number of nitrogens with one attached hydrogen (secondary N) is 3. The van der Waals surface area contributed by atoms with Gasteiger partial charge >= 0.3 is 41.8 Å². The number of hydrogen-bond donors (Lipinski definition) is 9. The molecule has 25 heteroatoms. The van der Waals surface area contributed by atoms with Crippen molar-refractivity contribution in [3.8, 4) is 0 Å². The van der Waals surface area contributed by atoms with Gasteiger partial charge in [0.15, 0.2) is 0 Å². The predicted octanol–water partition coefficient (Wildman–Crippen LogP) is 0.947. The number of nitrogens with zero attached hydrogens (tertiary/aromatic N) is 6. The van der Waals surface area contributed by atoms with Gasteiger partial charge < -0.3 is 56.3 Å². The summed E-state index contributed by atoms with van der Waals surface area (Å²) < 4.78 is 0. The zero-order valence-corrected chi connectivity index (χ0v) is 41.8. The smallest absolute Gasteiger partial charge is 0.326 e. The molecule has 1 saturated heterocycles. The number of carboxylic acid groups (broad SMARTS) is 6. The molecular weight excluding hydrogens is 983 g/mol. The summed E-state index contributed by atoms with van der Waals surface area (Å²) in [4.78, 5) is 135. The molecule has 2 heterocycles. The molecule has 75 heavy (non-hydrogen) atoms. The first-order valence-corrected chi connectivity index (χ1v) is 24.5. The van der Waals surface area contributed by atoms with Gasteiger partial charge in [-0.05, 0) is 67.7 Å². The largest absolute Gasteiger partial charge is 0.480 e. The van der Waals surface area contributed by atoms with Crippen molar-refractivity contribution in [2.24, 2.45) is 0 Å². The molecule has 3 aromatic rings. The number of Topliss-reactive ketones (excluding diaryl/α,β-unsaturated/α-hetero) is 1. The van der Waals surface area contributed by atoms with Crippen LogP contribution in [0.15, 0.2) is 60.9 Å². The van der Waals surface area contributed by atoms with Gasteiger partial charge in [-0.3, -0.25) is 53.4 Å². The molecule has 4 rings (SSSR count). The predicted molar refractivity (Wildman–Crippen MR) is 268 cm³/mol. The van der Waals surface area contributed by atoms with Crippen molar-refractivity contribution in [3.63, 3.8) is 0 Å². The average Bonchev–Trinajstić information content (AvgIpc) is 3.34. The summed E-state index contributed by atoms with van der Waals surface area (Å²) in [6, 6.07) is 8.95. The molecule has 0 saturated carbocycles. The molecule has 0 aliphatic carbocycles. The molecule has 0 spiro atoms. The third kappa shape index (κ3) is 21.4. The number of hydrogen-bond acceptors (Lipinski definition) is 15. The van der Waals surface area contributed by atoms with Crippen molar-refractivity contribution in [1.82, 2.24) is 45.4 Å². The minimum absolute atomic E-state index is 0.0273. The third-order valence-corrected chi connectivity index (χ3v) is 12.6. The average molecular weight is 1050 g/mol. The molecule has 3 atom stereocenters. The molecule has 1 aliphatic rings. The summed E-state index contributed by atoms with van der Waals surface area (Å²) in [5.74, 6) is -8.45. The Bertz CT molecular complexity index is 2440. The fourth-order valence-electron chi connectivity index (χ4n) is 8.51. The molecule has 1 aliphatic heterocycles. The Morgan fingerprint density at radius 2 is 1.15 bits per heavy atom. The van der Waals surface area contributed by atoms with E-state index in [9.17, 15) is 78.6 Å². The number of unbranched alkanes of at least 4 members (excludes halogenated alkanes) is 1. The number of amides is 4. The van der Waals surface area contributed by atoms with Gasteiger partial charge in [0, 0.05) is 108 Å². The van der Waals surface area contributed by atoms with E-state index in [4.69, 9.17) is 0 Å². The van der Waals surface area contributed by atoms with Crippen LogP contribution in [0.25, 0.3) is 10.8 Å². The highest BCUT2D eigenvalue weighted by atomic mass is 16.4. The first-order chi connectivity index (χ1) is 35.7. The zero-order valence-electron chi connectivity index (χ0n) is 41.8. The maximum Gasteiger partial charge on any atom is 0.326 e. The normalized spacial score (nSPS) is 15.5. The molecule has 4 amide bonds. The molecule has 1 fully saturated rings. The summed E-state index contributed by atoms with van der Waals surface area (Å²) in [7, 11) is 0. The second kappa shape index (κ2) is 30.6. The molecule has 1 aromatic heterocycles. The van der Waals surface area contributed by atoms with Crippen LogP contribution in [0.4, 0.5) is 4.79 Å². The van der Waals surface area contributed by atoms with Gasteiger partial charge in [0.2, 0.25) is 5.91 Å². The second-order valence-electron chi connectivity index (χ2n) is 18.3. The topological polar surface area (TPSA) is 357 Å². The minimum Gasteiger partial charge on any atom is -0.480 e. The Kier molecular flexibility index (Phi) is 24.4. The van der Waals surface area contributed by atoms with Crippen LogP contribution >= 0.6 is 0 Å². The molecule has 9 N–H and O–H groups in total. The van der Waals surface area contributed by atoms with Gasteiger partial charge in [-0.2, -0.15) is 0 Å². The number of pyridine rings is 1. The number of carboxylic acids is 6. The number of carbonyl (C=O) groups is 10. The van der Waals surface area contributed by atoms with Crippen molar-refractivity contribution >= 4 is 70.2 Å². The highest BCUT2D eigenvalue weighted by Crippen LogP contribution is 2.21. The first-order valence-electron chi connectivity index (χ1n) is 24.5. The van der Waals surface area contributed by atoms with Crippen LogP contribution in [0.3, 0.4) is 0 Å². The Hall–Kier alpha value is -7.61. The number of ketones is 1. The number of aliphatic carboxylic acids is 6. The zero-order chi connectivity index (χ0) is 55.0. The molecule has 25 nitrogen and oxygen atoms in total. The first kappa shape index (κ1) is 59.9. The van der Waals surface area contributed by atoms with Gasteiger partial charge in [0.1, 0.15) is 23.9 Å². The summed E-state index contributed by atoms with van der Waals surface area (Å²) in [6.07, 6.45) is 3.21. The number of fused-ring (bicyclic) bond motifs is 1. The van der Waals surface area contributed by atoms with E-state index in [-0.39, 0.29) is 142 Å². The van der Waals surface area contributed by atoms with Gasteiger partial charge in [-0.15, -0.1) is 0 Å². The Morgan fingerprint density at radius 1 is 0.613 bits per heavy atom. The highest BCUT2D eigenvalue weighted by molar-refractivity contribution is 5.95. The number of rotatable bonds is 28. The van der Waals surface area contributed by atoms with Crippen LogP contribution in [-0.4, -0.2) is 216 Å². The lowest BCUT2D eigenvalue weighted by Crippen LogP contribution is -2.52. The van der Waals surface area contributed by atoms with Gasteiger partial charge in [-0.25, -0.2) is 14.4 Å². The maximum absolute atomic E-state index is 14.2. The molecule has 0 radical (unpaired) electrons. The quantitative estimate of drug-likeness (QED) is 0.0457. The van der Waals surface area contributed by atoms with Crippen molar-refractivity contribution in [2.45, 2.75) is 83.1 Å². The summed E-state index contributed by atoms with van der Waals surface area (Å²) in [5, 5.41) is 67.2. The van der Waals surface area contributed by atoms with Crippen LogP contribution in [-0.2, 0) is 51.4 Å². The standard InChI is InChI=1S/C50H67N9O16/c1-33(60)9-14-40(48(71)72)54-50(75)53-39(47(69)70)8-4-5-17-59(29-37-28-51-27-36-6-2-3-7-38(36)37)46(68)35-12-10-34(11-13-35)26-52-42(61)16-15-41(49(73)74)58-24-22-56(31-44(64)65)20-18-55(30-43(62)63)19-21-57(23-25-58)32-45(66)67/h2-3,6-7,10-13,27-28,39-41H,4-5,8-9,14-26,29-32H2,1H3,(H,52,61)(H,62,63)(H,64,65)(H,66,67)(H,69,70)(H,71,72)(H,73,74)(H2,53,54,75)/t39-,40-,41?/m1/s1. The minimum atomic E-state index is -1.41. The van der Waals surface area contributed by atoms with E-state index in [1.165, 1.54) is 6.92 Å². The van der Waals surface area contributed by atoms with E-state index in [0.717, 1.165) is 16.3 Å². The molecule has 0 bridgehead atoms. The fraction of sp³-hybridized carbons (Fsp3) is 0.500. The number of benzene rings is 2. The van der Waals surface area contributed by atoms with Crippen molar-refractivity contribution in [2.75, 3.05) is 78.5 Å². The van der Waals surface area contributed by atoms with E-state index in [0.29, 0.717) is 17.5 Å². The molecule has 2 aromatic carbocycles. The van der Waals surface area contributed by atoms with Crippen LogP contribution in [0.2, 0.25) is 0 Å². The van der Waals surface area contributed by atoms with Crippen molar-refractivity contribution in [1.29, 1.82) is 0 Å².